The summed E-state index contributed by atoms with van der Waals surface area (Å²) in [5, 5.41) is 12.6. The molecule has 0 amide bonds. The Hall–Kier alpha value is -1.10. The maximum Gasteiger partial charge on any atom is 0.123 e. The Morgan fingerprint density at radius 1 is 1.33 bits per heavy atom. The van der Waals surface area contributed by atoms with Crippen LogP contribution in [0, 0.1) is 5.92 Å². The quantitative estimate of drug-likeness (QED) is 0.684. The molecular weight excluding hydrogens is 228 g/mol. The van der Waals surface area contributed by atoms with Crippen LogP contribution >= 0.6 is 0 Å². The van der Waals surface area contributed by atoms with Crippen LogP contribution in [0.2, 0.25) is 0 Å². The average Bonchev–Trinajstić information content (AvgIpc) is 2.43. The van der Waals surface area contributed by atoms with Crippen molar-refractivity contribution in [2.45, 2.75) is 25.9 Å². The fourth-order valence-electron chi connectivity index (χ4n) is 1.88. The topological polar surface area (TPSA) is 67.5 Å². The summed E-state index contributed by atoms with van der Waals surface area (Å²) in [4.78, 5) is 0. The second-order valence-electron chi connectivity index (χ2n) is 4.65. The van der Waals surface area contributed by atoms with E-state index in [0.29, 0.717) is 6.54 Å². The van der Waals surface area contributed by atoms with Crippen molar-refractivity contribution in [2.75, 3.05) is 20.3 Å². The fraction of sp³-hybridized carbons (Fsp3) is 0.571. The van der Waals surface area contributed by atoms with E-state index in [1.54, 1.807) is 7.11 Å². The highest BCUT2D eigenvalue weighted by atomic mass is 16.5. The van der Waals surface area contributed by atoms with E-state index in [1.807, 2.05) is 31.2 Å². The van der Waals surface area contributed by atoms with Gasteiger partial charge in [-0.1, -0.05) is 25.1 Å². The highest BCUT2D eigenvalue weighted by molar-refractivity contribution is 5.36. The predicted molar refractivity (Wildman–Crippen MR) is 73.6 cm³/mol. The van der Waals surface area contributed by atoms with E-state index < -0.39 is 0 Å². The second kappa shape index (κ2) is 7.36. The number of hydrogen-bond acceptors (Lipinski definition) is 4. The molecule has 0 aliphatic rings. The molecule has 0 aromatic heterocycles. The van der Waals surface area contributed by atoms with Crippen LogP contribution in [-0.4, -0.2) is 31.4 Å². The van der Waals surface area contributed by atoms with Crippen LogP contribution in [0.15, 0.2) is 24.3 Å². The maximum atomic E-state index is 9.17. The van der Waals surface area contributed by atoms with Crippen molar-refractivity contribution in [3.05, 3.63) is 29.8 Å². The summed E-state index contributed by atoms with van der Waals surface area (Å²) >= 11 is 0. The van der Waals surface area contributed by atoms with Crippen molar-refractivity contribution in [3.8, 4) is 5.75 Å². The molecule has 0 heterocycles. The predicted octanol–water partition coefficient (Wildman–Crippen LogP) is 1.30. The van der Waals surface area contributed by atoms with E-state index in [1.165, 1.54) is 0 Å². The minimum absolute atomic E-state index is 0.0325. The Morgan fingerprint density at radius 2 is 2.00 bits per heavy atom. The van der Waals surface area contributed by atoms with Crippen molar-refractivity contribution in [2.24, 2.45) is 11.7 Å². The summed E-state index contributed by atoms with van der Waals surface area (Å²) in [6, 6.07) is 8.08. The molecule has 4 N–H and O–H groups in total. The Morgan fingerprint density at radius 3 is 2.56 bits per heavy atom. The number of benzene rings is 1. The first-order chi connectivity index (χ1) is 8.63. The van der Waals surface area contributed by atoms with Crippen LogP contribution in [0.25, 0.3) is 0 Å². The first-order valence-electron chi connectivity index (χ1n) is 6.33. The maximum absolute atomic E-state index is 9.17. The molecule has 0 spiro atoms. The van der Waals surface area contributed by atoms with Crippen LogP contribution in [0.4, 0.5) is 0 Å². The van der Waals surface area contributed by atoms with Gasteiger partial charge in [-0.2, -0.15) is 0 Å². The van der Waals surface area contributed by atoms with E-state index in [2.05, 4.69) is 12.2 Å². The summed E-state index contributed by atoms with van der Waals surface area (Å²) in [7, 11) is 1.66. The molecule has 0 radical (unpaired) electrons. The number of hydrogen-bond donors (Lipinski definition) is 3. The SMILES string of the molecule is COc1ccccc1C(CN)NC(C)C(C)CO. The fourth-order valence-corrected chi connectivity index (χ4v) is 1.88. The molecule has 4 nitrogen and oxygen atoms in total. The first kappa shape index (κ1) is 15.0. The minimum Gasteiger partial charge on any atom is -0.496 e. The van der Waals surface area contributed by atoms with Crippen molar-refractivity contribution < 1.29 is 9.84 Å². The Kier molecular flexibility index (Phi) is 6.12. The van der Waals surface area contributed by atoms with Gasteiger partial charge in [0, 0.05) is 30.8 Å². The Labute approximate surface area is 109 Å². The number of rotatable bonds is 7. The van der Waals surface area contributed by atoms with Gasteiger partial charge in [-0.05, 0) is 18.9 Å². The number of aliphatic hydroxyl groups is 1. The smallest absolute Gasteiger partial charge is 0.123 e. The highest BCUT2D eigenvalue weighted by Crippen LogP contribution is 2.25. The van der Waals surface area contributed by atoms with Crippen LogP contribution in [0.1, 0.15) is 25.5 Å². The Balaban J connectivity index is 2.82. The number of nitrogens with two attached hydrogens (primary N) is 1. The molecule has 18 heavy (non-hydrogen) atoms. The average molecular weight is 252 g/mol. The first-order valence-corrected chi connectivity index (χ1v) is 6.33. The number of nitrogens with one attached hydrogen (secondary N) is 1. The molecule has 0 saturated heterocycles. The molecule has 0 saturated carbocycles. The minimum atomic E-state index is 0.0325. The van der Waals surface area contributed by atoms with Crippen LogP contribution in [0.5, 0.6) is 5.75 Å². The van der Waals surface area contributed by atoms with Gasteiger partial charge in [-0.15, -0.1) is 0 Å². The number of ether oxygens (including phenoxy) is 1. The standard InChI is InChI=1S/C14H24N2O2/c1-10(9-17)11(2)16-13(8-15)12-6-4-5-7-14(12)18-3/h4-7,10-11,13,16-17H,8-9,15H2,1-3H3. The molecule has 1 aromatic carbocycles. The van der Waals surface area contributed by atoms with E-state index in [9.17, 15) is 0 Å². The van der Waals surface area contributed by atoms with Gasteiger partial charge in [0.05, 0.1) is 7.11 Å². The zero-order valence-corrected chi connectivity index (χ0v) is 11.4. The summed E-state index contributed by atoms with van der Waals surface area (Å²) < 4.78 is 5.35. The highest BCUT2D eigenvalue weighted by Gasteiger charge is 2.19. The summed E-state index contributed by atoms with van der Waals surface area (Å²) in [5.41, 5.74) is 6.89. The summed E-state index contributed by atoms with van der Waals surface area (Å²) in [6.45, 7) is 4.71. The zero-order chi connectivity index (χ0) is 13.5. The second-order valence-corrected chi connectivity index (χ2v) is 4.65. The van der Waals surface area contributed by atoms with Crippen molar-refractivity contribution in [1.82, 2.24) is 5.32 Å². The molecule has 4 heteroatoms. The summed E-state index contributed by atoms with van der Waals surface area (Å²) in [5.74, 6) is 1.03. The van der Waals surface area contributed by atoms with Gasteiger partial charge in [-0.3, -0.25) is 0 Å². The zero-order valence-electron chi connectivity index (χ0n) is 11.4. The molecular formula is C14H24N2O2. The third-order valence-electron chi connectivity index (χ3n) is 3.36. The molecule has 1 rings (SSSR count). The lowest BCUT2D eigenvalue weighted by Gasteiger charge is -2.27. The molecule has 0 fully saturated rings. The lowest BCUT2D eigenvalue weighted by Crippen LogP contribution is -2.39. The van der Waals surface area contributed by atoms with Crippen LogP contribution in [0.3, 0.4) is 0 Å². The van der Waals surface area contributed by atoms with Gasteiger partial charge < -0.3 is 20.9 Å². The van der Waals surface area contributed by atoms with E-state index in [-0.39, 0.29) is 24.6 Å². The molecule has 0 aliphatic carbocycles. The summed E-state index contributed by atoms with van der Waals surface area (Å²) in [6.07, 6.45) is 0. The van der Waals surface area contributed by atoms with Gasteiger partial charge in [0.15, 0.2) is 0 Å². The molecule has 0 bridgehead atoms. The van der Waals surface area contributed by atoms with Crippen molar-refractivity contribution >= 4 is 0 Å². The molecule has 1 aromatic rings. The van der Waals surface area contributed by atoms with Crippen LogP contribution < -0.4 is 15.8 Å². The Bertz CT molecular complexity index is 357. The van der Waals surface area contributed by atoms with Gasteiger partial charge in [0.1, 0.15) is 5.75 Å². The van der Waals surface area contributed by atoms with Crippen molar-refractivity contribution in [3.63, 3.8) is 0 Å². The third kappa shape index (κ3) is 3.70. The molecule has 3 unspecified atom stereocenters. The number of methoxy groups -OCH3 is 1. The van der Waals surface area contributed by atoms with Gasteiger partial charge in [-0.25, -0.2) is 0 Å². The number of aliphatic hydroxyl groups excluding tert-OH is 1. The molecule has 0 aliphatic heterocycles. The molecule has 3 atom stereocenters. The van der Waals surface area contributed by atoms with E-state index >= 15 is 0 Å². The van der Waals surface area contributed by atoms with Gasteiger partial charge in [0.2, 0.25) is 0 Å². The van der Waals surface area contributed by atoms with E-state index in [4.69, 9.17) is 15.6 Å². The van der Waals surface area contributed by atoms with Gasteiger partial charge >= 0.3 is 0 Å². The third-order valence-corrected chi connectivity index (χ3v) is 3.36. The normalized spacial score (nSPS) is 16.1. The number of para-hydroxylation sites is 1. The van der Waals surface area contributed by atoms with E-state index in [0.717, 1.165) is 11.3 Å². The largest absolute Gasteiger partial charge is 0.496 e. The van der Waals surface area contributed by atoms with Gasteiger partial charge in [0.25, 0.3) is 0 Å². The lowest BCUT2D eigenvalue weighted by molar-refractivity contribution is 0.201. The van der Waals surface area contributed by atoms with Crippen molar-refractivity contribution in [1.29, 1.82) is 0 Å². The molecule has 102 valence electrons. The lowest BCUT2D eigenvalue weighted by atomic mass is 10.0. The monoisotopic (exact) mass is 252 g/mol. The van der Waals surface area contributed by atoms with Crippen LogP contribution in [-0.2, 0) is 0 Å².